The molecule has 90 valence electrons. The molecule has 2 rings (SSSR count). The van der Waals surface area contributed by atoms with Gasteiger partial charge in [-0.3, -0.25) is 5.10 Å². The molecule has 2 aromatic rings. The summed E-state index contributed by atoms with van der Waals surface area (Å²) in [6, 6.07) is 3.84. The normalized spacial score (nSPS) is 12.6. The predicted octanol–water partition coefficient (Wildman–Crippen LogP) is 2.54. The lowest BCUT2D eigenvalue weighted by molar-refractivity contribution is 0.509. The number of hydrogen-bond donors (Lipinski definition) is 2. The molecule has 17 heavy (non-hydrogen) atoms. The summed E-state index contributed by atoms with van der Waals surface area (Å²) in [5, 5.41) is 9.56. The Hall–Kier alpha value is -1.75. The monoisotopic (exact) mass is 237 g/mol. The quantitative estimate of drug-likeness (QED) is 0.857. The largest absolute Gasteiger partial charge is 0.306 e. The first-order chi connectivity index (χ1) is 8.18. The molecule has 3 nitrogen and oxygen atoms in total. The van der Waals surface area contributed by atoms with Crippen molar-refractivity contribution in [2.24, 2.45) is 0 Å². The van der Waals surface area contributed by atoms with Crippen LogP contribution < -0.4 is 5.32 Å². The zero-order chi connectivity index (χ0) is 12.3. The Bertz CT molecular complexity index is 462. The van der Waals surface area contributed by atoms with Crippen molar-refractivity contribution in [3.05, 3.63) is 53.4 Å². The van der Waals surface area contributed by atoms with Gasteiger partial charge in [-0.1, -0.05) is 6.07 Å². The number of aromatic amines is 1. The molecule has 1 aromatic carbocycles. The van der Waals surface area contributed by atoms with Gasteiger partial charge in [0.05, 0.1) is 6.20 Å². The van der Waals surface area contributed by atoms with Crippen LogP contribution in [0.15, 0.2) is 30.6 Å². The molecule has 0 saturated carbocycles. The number of nitrogens with zero attached hydrogens (tertiary/aromatic N) is 1. The fourth-order valence-electron chi connectivity index (χ4n) is 1.57. The molecule has 0 aliphatic heterocycles. The van der Waals surface area contributed by atoms with E-state index in [0.717, 1.165) is 5.56 Å². The molecule has 0 fully saturated rings. The first kappa shape index (κ1) is 11.7. The maximum absolute atomic E-state index is 13.3. The van der Waals surface area contributed by atoms with Crippen LogP contribution in [0.4, 0.5) is 8.78 Å². The van der Waals surface area contributed by atoms with E-state index in [-0.39, 0.29) is 18.2 Å². The number of hydrogen-bond acceptors (Lipinski definition) is 2. The van der Waals surface area contributed by atoms with Gasteiger partial charge in [0.15, 0.2) is 0 Å². The van der Waals surface area contributed by atoms with E-state index >= 15 is 0 Å². The van der Waals surface area contributed by atoms with Gasteiger partial charge in [-0.15, -0.1) is 0 Å². The van der Waals surface area contributed by atoms with E-state index < -0.39 is 11.6 Å². The average molecular weight is 237 g/mol. The molecule has 0 aliphatic rings. The van der Waals surface area contributed by atoms with Crippen molar-refractivity contribution in [2.45, 2.75) is 19.5 Å². The standard InChI is InChI=1S/C12H13F2N3/c1-8(9-5-16-17-6-9)15-7-10-11(13)3-2-4-12(10)14/h2-6,8,15H,7H2,1H3,(H,16,17). The third-order valence-electron chi connectivity index (χ3n) is 2.67. The highest BCUT2D eigenvalue weighted by atomic mass is 19.1. The van der Waals surface area contributed by atoms with Crippen molar-refractivity contribution in [1.82, 2.24) is 15.5 Å². The van der Waals surface area contributed by atoms with E-state index in [0.29, 0.717) is 0 Å². The smallest absolute Gasteiger partial charge is 0.130 e. The van der Waals surface area contributed by atoms with E-state index in [1.54, 1.807) is 12.4 Å². The molecule has 1 heterocycles. The number of aromatic nitrogens is 2. The van der Waals surface area contributed by atoms with E-state index in [9.17, 15) is 8.78 Å². The lowest BCUT2D eigenvalue weighted by atomic mass is 10.1. The molecule has 0 spiro atoms. The minimum Gasteiger partial charge on any atom is -0.306 e. The highest BCUT2D eigenvalue weighted by Gasteiger charge is 2.11. The van der Waals surface area contributed by atoms with Crippen LogP contribution in [0.2, 0.25) is 0 Å². The van der Waals surface area contributed by atoms with Crippen molar-refractivity contribution in [3.8, 4) is 0 Å². The maximum atomic E-state index is 13.3. The second kappa shape index (κ2) is 5.05. The molecule has 1 aromatic heterocycles. The molecule has 0 radical (unpaired) electrons. The second-order valence-electron chi connectivity index (χ2n) is 3.83. The van der Waals surface area contributed by atoms with Gasteiger partial charge in [0.25, 0.3) is 0 Å². The first-order valence-corrected chi connectivity index (χ1v) is 5.33. The Morgan fingerprint density at radius 3 is 2.65 bits per heavy atom. The Kier molecular flexibility index (Phi) is 3.49. The van der Waals surface area contributed by atoms with E-state index in [1.807, 2.05) is 6.92 Å². The molecule has 0 bridgehead atoms. The van der Waals surface area contributed by atoms with Crippen molar-refractivity contribution in [1.29, 1.82) is 0 Å². The van der Waals surface area contributed by atoms with Crippen LogP contribution in [-0.4, -0.2) is 10.2 Å². The average Bonchev–Trinajstić information content (AvgIpc) is 2.81. The summed E-state index contributed by atoms with van der Waals surface area (Å²) >= 11 is 0. The fraction of sp³-hybridized carbons (Fsp3) is 0.250. The van der Waals surface area contributed by atoms with Gasteiger partial charge in [-0.05, 0) is 19.1 Å². The molecule has 1 unspecified atom stereocenters. The number of halogens is 2. The van der Waals surface area contributed by atoms with Crippen molar-refractivity contribution in [2.75, 3.05) is 0 Å². The van der Waals surface area contributed by atoms with Crippen LogP contribution in [-0.2, 0) is 6.54 Å². The molecule has 1 atom stereocenters. The summed E-state index contributed by atoms with van der Waals surface area (Å²) < 4.78 is 26.7. The van der Waals surface area contributed by atoms with E-state index in [1.165, 1.54) is 18.2 Å². The van der Waals surface area contributed by atoms with Gasteiger partial charge in [0.1, 0.15) is 11.6 Å². The van der Waals surface area contributed by atoms with Crippen LogP contribution in [0.3, 0.4) is 0 Å². The number of H-pyrrole nitrogens is 1. The highest BCUT2D eigenvalue weighted by Crippen LogP contribution is 2.14. The summed E-state index contributed by atoms with van der Waals surface area (Å²) in [4.78, 5) is 0. The lowest BCUT2D eigenvalue weighted by Crippen LogP contribution is -2.19. The van der Waals surface area contributed by atoms with Crippen molar-refractivity contribution >= 4 is 0 Å². The predicted molar refractivity (Wildman–Crippen MR) is 60.2 cm³/mol. The minimum atomic E-state index is -0.531. The molecule has 0 saturated heterocycles. The van der Waals surface area contributed by atoms with Crippen molar-refractivity contribution in [3.63, 3.8) is 0 Å². The Morgan fingerprint density at radius 2 is 2.06 bits per heavy atom. The Labute approximate surface area is 97.9 Å². The Morgan fingerprint density at radius 1 is 1.35 bits per heavy atom. The zero-order valence-electron chi connectivity index (χ0n) is 9.37. The number of rotatable bonds is 4. The second-order valence-corrected chi connectivity index (χ2v) is 3.83. The summed E-state index contributed by atoms with van der Waals surface area (Å²) in [7, 11) is 0. The topological polar surface area (TPSA) is 40.7 Å². The van der Waals surface area contributed by atoms with Gasteiger partial charge < -0.3 is 5.32 Å². The van der Waals surface area contributed by atoms with Crippen LogP contribution in [0.1, 0.15) is 24.1 Å². The zero-order valence-corrected chi connectivity index (χ0v) is 9.37. The minimum absolute atomic E-state index is 0.0206. The van der Waals surface area contributed by atoms with Crippen LogP contribution in [0.5, 0.6) is 0 Å². The summed E-state index contributed by atoms with van der Waals surface area (Å²) in [6.07, 6.45) is 3.42. The van der Waals surface area contributed by atoms with Crippen molar-refractivity contribution < 1.29 is 8.78 Å². The van der Waals surface area contributed by atoms with Crippen LogP contribution in [0, 0.1) is 11.6 Å². The summed E-state index contributed by atoms with van der Waals surface area (Å²) in [6.45, 7) is 2.05. The van der Waals surface area contributed by atoms with Gasteiger partial charge >= 0.3 is 0 Å². The van der Waals surface area contributed by atoms with Gasteiger partial charge in [-0.2, -0.15) is 5.10 Å². The van der Waals surface area contributed by atoms with Crippen LogP contribution >= 0.6 is 0 Å². The summed E-state index contributed by atoms with van der Waals surface area (Å²) in [5.41, 5.74) is 1.00. The third kappa shape index (κ3) is 2.68. The first-order valence-electron chi connectivity index (χ1n) is 5.33. The maximum Gasteiger partial charge on any atom is 0.130 e. The van der Waals surface area contributed by atoms with Gasteiger partial charge in [0, 0.05) is 29.9 Å². The lowest BCUT2D eigenvalue weighted by Gasteiger charge is -2.12. The summed E-state index contributed by atoms with van der Waals surface area (Å²) in [5.74, 6) is -1.06. The molecule has 5 heteroatoms. The SMILES string of the molecule is CC(NCc1c(F)cccc1F)c1cn[nH]c1. The van der Waals surface area contributed by atoms with E-state index in [4.69, 9.17) is 0 Å². The molecular weight excluding hydrogens is 224 g/mol. The molecule has 2 N–H and O–H groups in total. The fourth-order valence-corrected chi connectivity index (χ4v) is 1.57. The number of nitrogens with one attached hydrogen (secondary N) is 2. The van der Waals surface area contributed by atoms with Crippen LogP contribution in [0.25, 0.3) is 0 Å². The molecule has 0 aliphatic carbocycles. The highest BCUT2D eigenvalue weighted by molar-refractivity contribution is 5.20. The third-order valence-corrected chi connectivity index (χ3v) is 2.67. The Balaban J connectivity index is 2.03. The number of benzene rings is 1. The molecular formula is C12H13F2N3. The molecule has 0 amide bonds. The van der Waals surface area contributed by atoms with Gasteiger partial charge in [-0.25, -0.2) is 8.78 Å². The van der Waals surface area contributed by atoms with E-state index in [2.05, 4.69) is 15.5 Å². The van der Waals surface area contributed by atoms with Gasteiger partial charge in [0.2, 0.25) is 0 Å².